The van der Waals surface area contributed by atoms with Crippen molar-refractivity contribution in [2.45, 2.75) is 26.1 Å². The minimum atomic E-state index is 0. The SMILES string of the molecule is CC(OC(C)[c-]1cccc1)[c-]1cccc1.[Fe].[Fe].[cH-]1[cH-][cH-][cH-][cH-]1.c1cc[cH-]c1. The fraction of sp³-hybridized carbons (Fsp3) is 0.167. The van der Waals surface area contributed by atoms with Crippen LogP contribution in [0.15, 0.2) is 109 Å². The third-order valence-corrected chi connectivity index (χ3v) is 3.84. The Labute approximate surface area is 184 Å². The molecule has 0 spiro atoms. The summed E-state index contributed by atoms with van der Waals surface area (Å²) in [7, 11) is 0. The van der Waals surface area contributed by atoms with Gasteiger partial charge in [-0.25, -0.2) is 36.4 Å². The van der Waals surface area contributed by atoms with E-state index in [1.54, 1.807) is 0 Å². The van der Waals surface area contributed by atoms with Crippen LogP contribution in [0.25, 0.3) is 0 Å². The first-order chi connectivity index (χ1) is 12.3. The van der Waals surface area contributed by atoms with Gasteiger partial charge >= 0.3 is 0 Å². The van der Waals surface area contributed by atoms with Gasteiger partial charge in [-0.3, -0.25) is 0 Å². The van der Waals surface area contributed by atoms with Gasteiger partial charge in [0.25, 0.3) is 0 Å². The van der Waals surface area contributed by atoms with Crippen molar-refractivity contribution in [3.63, 3.8) is 0 Å². The third kappa shape index (κ3) is 10.3. The van der Waals surface area contributed by atoms with Crippen molar-refractivity contribution in [3.8, 4) is 0 Å². The monoisotopic (exact) mass is 442 g/mol. The van der Waals surface area contributed by atoms with Crippen molar-refractivity contribution in [1.82, 2.24) is 0 Å². The van der Waals surface area contributed by atoms with Gasteiger partial charge in [0.05, 0.1) is 0 Å². The number of rotatable bonds is 4. The second-order valence-electron chi connectivity index (χ2n) is 5.78. The Morgan fingerprint density at radius 2 is 0.926 bits per heavy atom. The van der Waals surface area contributed by atoms with E-state index in [4.69, 9.17) is 4.74 Å². The van der Waals surface area contributed by atoms with Crippen LogP contribution >= 0.6 is 0 Å². The van der Waals surface area contributed by atoms with Gasteiger partial charge in [-0.15, -0.1) is 11.1 Å². The predicted molar refractivity (Wildman–Crippen MR) is 106 cm³/mol. The molecule has 0 bridgehead atoms. The Morgan fingerprint density at radius 3 is 1.19 bits per heavy atom. The summed E-state index contributed by atoms with van der Waals surface area (Å²) in [6.45, 7) is 4.18. The average molecular weight is 442 g/mol. The van der Waals surface area contributed by atoms with Crippen LogP contribution in [-0.2, 0) is 38.9 Å². The molecule has 0 saturated heterocycles. The molecular formula is C24H26Fe2O-8. The van der Waals surface area contributed by atoms with Gasteiger partial charge in [0.1, 0.15) is 0 Å². The second kappa shape index (κ2) is 15.5. The molecule has 0 aliphatic carbocycles. The van der Waals surface area contributed by atoms with Gasteiger partial charge < -0.3 is 35.1 Å². The van der Waals surface area contributed by atoms with Gasteiger partial charge in [0.2, 0.25) is 0 Å². The number of hydrogen-bond acceptors (Lipinski definition) is 1. The largest absolute Gasteiger partial charge is 0.748 e. The van der Waals surface area contributed by atoms with Crippen LogP contribution < -0.4 is 0 Å². The molecule has 0 aliphatic rings. The summed E-state index contributed by atoms with van der Waals surface area (Å²) >= 11 is 0. The van der Waals surface area contributed by atoms with E-state index >= 15 is 0 Å². The molecule has 4 aromatic rings. The Bertz CT molecular complexity index is 609. The van der Waals surface area contributed by atoms with Crippen LogP contribution in [0.4, 0.5) is 0 Å². The van der Waals surface area contributed by atoms with Crippen LogP contribution in [0.5, 0.6) is 0 Å². The molecule has 152 valence electrons. The summed E-state index contributed by atoms with van der Waals surface area (Å²) in [6.07, 6.45) is 0.315. The summed E-state index contributed by atoms with van der Waals surface area (Å²) in [5.41, 5.74) is 2.49. The van der Waals surface area contributed by atoms with E-state index < -0.39 is 0 Å². The minimum absolute atomic E-state index is 0. The zero-order valence-electron chi connectivity index (χ0n) is 15.7. The molecule has 27 heavy (non-hydrogen) atoms. The first-order valence-electron chi connectivity index (χ1n) is 8.69. The number of ether oxygens (including phenoxy) is 1. The van der Waals surface area contributed by atoms with Crippen LogP contribution in [0.2, 0.25) is 0 Å². The van der Waals surface area contributed by atoms with E-state index in [0.29, 0.717) is 0 Å². The van der Waals surface area contributed by atoms with E-state index in [-0.39, 0.29) is 46.3 Å². The zero-order valence-corrected chi connectivity index (χ0v) is 17.9. The van der Waals surface area contributed by atoms with Gasteiger partial charge in [0.15, 0.2) is 0 Å². The zero-order chi connectivity index (χ0) is 17.7. The average Bonchev–Trinajstić information content (AvgIpc) is 3.48. The third-order valence-electron chi connectivity index (χ3n) is 3.84. The second-order valence-corrected chi connectivity index (χ2v) is 5.78. The molecule has 4 rings (SSSR count). The van der Waals surface area contributed by atoms with E-state index in [9.17, 15) is 0 Å². The molecule has 2 atom stereocenters. The van der Waals surface area contributed by atoms with Gasteiger partial charge in [-0.2, -0.15) is 42.5 Å². The van der Waals surface area contributed by atoms with E-state index in [1.165, 1.54) is 11.1 Å². The van der Waals surface area contributed by atoms with Crippen molar-refractivity contribution >= 4 is 0 Å². The standard InChI is InChI=1S/C14H16O.2C5H5.2Fe/c1-11(13-7-3-4-8-13)15-12(2)14-9-5-6-10-14;2*1-2-4-5-3-1;;/h3-12H,1-2H3;2*1-5H;;/q-2;-5;-1;;. The topological polar surface area (TPSA) is 9.23 Å². The molecule has 0 aromatic heterocycles. The first-order valence-corrected chi connectivity index (χ1v) is 8.69. The summed E-state index contributed by atoms with van der Waals surface area (Å²) < 4.78 is 5.94. The first kappa shape index (κ1) is 25.4. The Balaban J connectivity index is 0.000000465. The van der Waals surface area contributed by atoms with Crippen molar-refractivity contribution < 1.29 is 38.9 Å². The molecule has 0 radical (unpaired) electrons. The Morgan fingerprint density at radius 1 is 0.593 bits per heavy atom. The molecule has 0 N–H and O–H groups in total. The minimum Gasteiger partial charge on any atom is -0.748 e. The van der Waals surface area contributed by atoms with Gasteiger partial charge in [-0.1, -0.05) is 0 Å². The maximum Gasteiger partial charge on any atom is 0.0351 e. The fourth-order valence-electron chi connectivity index (χ4n) is 2.42. The van der Waals surface area contributed by atoms with Crippen molar-refractivity contribution in [1.29, 1.82) is 0 Å². The van der Waals surface area contributed by atoms with E-state index in [2.05, 4.69) is 38.1 Å². The molecule has 0 aliphatic heterocycles. The fourth-order valence-corrected chi connectivity index (χ4v) is 2.42. The van der Waals surface area contributed by atoms with Crippen molar-refractivity contribution in [2.75, 3.05) is 0 Å². The predicted octanol–water partition coefficient (Wildman–Crippen LogP) is 6.77. The molecule has 0 saturated carbocycles. The van der Waals surface area contributed by atoms with Gasteiger partial charge in [-0.05, 0) is 13.8 Å². The van der Waals surface area contributed by atoms with Crippen LogP contribution in [-0.4, -0.2) is 0 Å². The van der Waals surface area contributed by atoms with E-state index in [0.717, 1.165) is 0 Å². The molecule has 0 amide bonds. The normalized spacial score (nSPS) is 11.3. The summed E-state index contributed by atoms with van der Waals surface area (Å²) in [4.78, 5) is 0. The smallest absolute Gasteiger partial charge is 0.0351 e. The molecule has 3 heteroatoms. The van der Waals surface area contributed by atoms with Gasteiger partial charge in [0, 0.05) is 46.3 Å². The molecule has 4 aromatic carbocycles. The summed E-state index contributed by atoms with van der Waals surface area (Å²) in [6, 6.07) is 36.6. The van der Waals surface area contributed by atoms with Crippen molar-refractivity contribution in [2.24, 2.45) is 0 Å². The van der Waals surface area contributed by atoms with Crippen LogP contribution in [0.3, 0.4) is 0 Å². The Hall–Kier alpha value is -1.60. The van der Waals surface area contributed by atoms with Crippen molar-refractivity contribution in [3.05, 3.63) is 120 Å². The maximum absolute atomic E-state index is 5.94. The quantitative estimate of drug-likeness (QED) is 0.251. The summed E-state index contributed by atoms with van der Waals surface area (Å²) in [5, 5.41) is 0. The Kier molecular flexibility index (Phi) is 14.5. The number of hydrogen-bond donors (Lipinski definition) is 0. The molecule has 0 heterocycles. The van der Waals surface area contributed by atoms with Crippen LogP contribution in [0.1, 0.15) is 37.2 Å². The summed E-state index contributed by atoms with van der Waals surface area (Å²) in [5.74, 6) is 0. The molecule has 0 fully saturated rings. The molecular weight excluding hydrogens is 416 g/mol. The van der Waals surface area contributed by atoms with Crippen LogP contribution in [0, 0.1) is 0 Å². The molecule has 1 nitrogen and oxygen atoms in total. The maximum atomic E-state index is 5.94. The molecule has 2 unspecified atom stereocenters. The van der Waals surface area contributed by atoms with E-state index in [1.807, 2.05) is 84.9 Å².